The molecule has 0 heterocycles. The van der Waals surface area contributed by atoms with Gasteiger partial charge in [0.15, 0.2) is 15.6 Å². The van der Waals surface area contributed by atoms with Crippen LogP contribution in [-0.2, 0) is 25.3 Å². The summed E-state index contributed by atoms with van der Waals surface area (Å²) in [5.41, 5.74) is 1.13. The molecular formula is C17H21O7PS. The minimum atomic E-state index is -4.19. The van der Waals surface area contributed by atoms with Crippen molar-refractivity contribution in [2.24, 2.45) is 0 Å². The first-order chi connectivity index (χ1) is 12.0. The summed E-state index contributed by atoms with van der Waals surface area (Å²) < 4.78 is 40.5. The highest BCUT2D eigenvalue weighted by molar-refractivity contribution is 7.91. The van der Waals surface area contributed by atoms with E-state index in [4.69, 9.17) is 14.5 Å². The Kier molecular flexibility index (Phi) is 6.39. The minimum absolute atomic E-state index is 0.0820. The quantitative estimate of drug-likeness (QED) is 0.472. The average molecular weight is 400 g/mol. The lowest BCUT2D eigenvalue weighted by atomic mass is 10.0. The predicted molar refractivity (Wildman–Crippen MR) is 97.2 cm³/mol. The van der Waals surface area contributed by atoms with E-state index in [1.807, 2.05) is 0 Å². The Morgan fingerprint density at radius 2 is 1.92 bits per heavy atom. The second kappa shape index (κ2) is 8.00. The molecule has 0 saturated carbocycles. The first-order valence-electron chi connectivity index (χ1n) is 7.73. The van der Waals surface area contributed by atoms with Gasteiger partial charge in [-0.15, -0.1) is 0 Å². The van der Waals surface area contributed by atoms with Crippen LogP contribution in [0, 0.1) is 0 Å². The minimum Gasteiger partial charge on any atom is -0.362 e. The Balaban J connectivity index is 2.01. The highest BCUT2D eigenvalue weighted by atomic mass is 32.2. The van der Waals surface area contributed by atoms with Crippen LogP contribution in [0.5, 0.6) is 0 Å². The first-order valence-corrected chi connectivity index (χ1v) is 11.2. The third-order valence-electron chi connectivity index (χ3n) is 3.82. The molecule has 1 aliphatic rings. The number of allylic oxidation sites excluding steroid dienone is 3. The molecule has 0 aliphatic heterocycles. The maximum absolute atomic E-state index is 12.3. The standard InChI is InChI=1S/C17H21O7PS/c1-24-17(18)10-8-14(9-11-17)3-2-12-26(22,23)16-6-4-15(5-7-16)13-25(19,20)21/h2-10,18H,11-13H2,1H3,(H2,19,20,21). The Labute approximate surface area is 152 Å². The van der Waals surface area contributed by atoms with E-state index in [1.165, 1.54) is 43.5 Å². The molecule has 0 aromatic heterocycles. The number of hydrogen-bond acceptors (Lipinski definition) is 5. The van der Waals surface area contributed by atoms with Gasteiger partial charge >= 0.3 is 7.60 Å². The Bertz CT molecular complexity index is 878. The third-order valence-corrected chi connectivity index (χ3v) is 6.22. The van der Waals surface area contributed by atoms with Gasteiger partial charge in [0.05, 0.1) is 16.8 Å². The Morgan fingerprint density at radius 3 is 2.42 bits per heavy atom. The average Bonchev–Trinajstić information content (AvgIpc) is 2.56. The van der Waals surface area contributed by atoms with Crippen molar-refractivity contribution >= 4 is 17.4 Å². The van der Waals surface area contributed by atoms with Crippen molar-refractivity contribution in [1.82, 2.24) is 0 Å². The highest BCUT2D eigenvalue weighted by Crippen LogP contribution is 2.39. The molecule has 0 radical (unpaired) electrons. The number of benzene rings is 1. The summed E-state index contributed by atoms with van der Waals surface area (Å²) in [6.07, 6.45) is 7.88. The van der Waals surface area contributed by atoms with Gasteiger partial charge in [0.1, 0.15) is 0 Å². The Morgan fingerprint density at radius 1 is 1.27 bits per heavy atom. The molecule has 9 heteroatoms. The lowest BCUT2D eigenvalue weighted by Gasteiger charge is -2.23. The molecule has 7 nitrogen and oxygen atoms in total. The lowest BCUT2D eigenvalue weighted by Crippen LogP contribution is -2.28. The maximum Gasteiger partial charge on any atom is 0.329 e. The molecule has 1 unspecified atom stereocenters. The molecule has 1 aromatic carbocycles. The van der Waals surface area contributed by atoms with Crippen LogP contribution in [0.15, 0.2) is 65.1 Å². The summed E-state index contributed by atoms with van der Waals surface area (Å²) in [5, 5.41) is 9.87. The van der Waals surface area contributed by atoms with E-state index in [-0.39, 0.29) is 17.1 Å². The fourth-order valence-corrected chi connectivity index (χ4v) is 4.13. The van der Waals surface area contributed by atoms with Crippen LogP contribution >= 0.6 is 7.60 Å². The molecule has 26 heavy (non-hydrogen) atoms. The highest BCUT2D eigenvalue weighted by Gasteiger charge is 2.23. The molecule has 0 spiro atoms. The normalized spacial score (nSPS) is 21.2. The summed E-state index contributed by atoms with van der Waals surface area (Å²) in [4.78, 5) is 18.0. The number of hydrogen-bond donors (Lipinski definition) is 3. The SMILES string of the molecule is COC1(O)C=CC(C=CCS(=O)(=O)c2ccc(CP(=O)(O)O)cc2)=CC1. The van der Waals surface area contributed by atoms with Crippen molar-refractivity contribution in [2.45, 2.75) is 23.3 Å². The van der Waals surface area contributed by atoms with Crippen molar-refractivity contribution in [3.05, 3.63) is 65.8 Å². The van der Waals surface area contributed by atoms with E-state index in [2.05, 4.69) is 0 Å². The van der Waals surface area contributed by atoms with Gasteiger partial charge in [0.2, 0.25) is 0 Å². The summed E-state index contributed by atoms with van der Waals surface area (Å²) in [6.45, 7) is 0. The van der Waals surface area contributed by atoms with Crippen LogP contribution in [0.3, 0.4) is 0 Å². The zero-order valence-corrected chi connectivity index (χ0v) is 15.9. The number of sulfone groups is 1. The summed E-state index contributed by atoms with van der Waals surface area (Å²) in [6, 6.07) is 5.47. The van der Waals surface area contributed by atoms with Crippen LogP contribution in [-0.4, -0.2) is 42.0 Å². The molecular weight excluding hydrogens is 379 g/mol. The molecule has 3 N–H and O–H groups in total. The van der Waals surface area contributed by atoms with Crippen LogP contribution in [0.4, 0.5) is 0 Å². The van der Waals surface area contributed by atoms with Crippen molar-refractivity contribution in [2.75, 3.05) is 12.9 Å². The lowest BCUT2D eigenvalue weighted by molar-refractivity contribution is -0.143. The maximum atomic E-state index is 12.3. The van der Waals surface area contributed by atoms with Crippen molar-refractivity contribution < 1.29 is 32.6 Å². The second-order valence-corrected chi connectivity index (χ2v) is 9.62. The second-order valence-electron chi connectivity index (χ2n) is 5.94. The molecule has 0 saturated heterocycles. The first kappa shape index (κ1) is 20.8. The summed E-state index contributed by atoms with van der Waals surface area (Å²) in [7, 11) is -6.34. The van der Waals surface area contributed by atoms with E-state index >= 15 is 0 Å². The van der Waals surface area contributed by atoms with E-state index in [9.17, 15) is 18.1 Å². The van der Waals surface area contributed by atoms with Crippen molar-refractivity contribution in [1.29, 1.82) is 0 Å². The third kappa shape index (κ3) is 6.02. The zero-order valence-electron chi connectivity index (χ0n) is 14.1. The number of aliphatic hydroxyl groups is 1. The molecule has 142 valence electrons. The Hall–Kier alpha value is -1.54. The van der Waals surface area contributed by atoms with Crippen LogP contribution in [0.25, 0.3) is 0 Å². The van der Waals surface area contributed by atoms with Crippen molar-refractivity contribution in [3.8, 4) is 0 Å². The van der Waals surface area contributed by atoms with Crippen LogP contribution in [0.2, 0.25) is 0 Å². The van der Waals surface area contributed by atoms with Gasteiger partial charge in [0, 0.05) is 13.5 Å². The zero-order chi connectivity index (χ0) is 19.4. The summed E-state index contributed by atoms with van der Waals surface area (Å²) in [5.74, 6) is -1.54. The van der Waals surface area contributed by atoms with E-state index < -0.39 is 29.4 Å². The monoisotopic (exact) mass is 400 g/mol. The van der Waals surface area contributed by atoms with Gasteiger partial charge in [-0.25, -0.2) is 8.42 Å². The molecule has 1 aromatic rings. The van der Waals surface area contributed by atoms with Crippen molar-refractivity contribution in [3.63, 3.8) is 0 Å². The topological polar surface area (TPSA) is 121 Å². The fraction of sp³-hybridized carbons (Fsp3) is 0.294. The largest absolute Gasteiger partial charge is 0.362 e. The molecule has 1 aliphatic carbocycles. The van der Waals surface area contributed by atoms with Gasteiger partial charge in [-0.1, -0.05) is 36.4 Å². The molecule has 1 atom stereocenters. The number of methoxy groups -OCH3 is 1. The summed E-state index contributed by atoms with van der Waals surface area (Å²) >= 11 is 0. The van der Waals surface area contributed by atoms with Gasteiger partial charge < -0.3 is 19.6 Å². The predicted octanol–water partition coefficient (Wildman–Crippen LogP) is 1.92. The smallest absolute Gasteiger partial charge is 0.329 e. The van der Waals surface area contributed by atoms with Gasteiger partial charge in [0.25, 0.3) is 0 Å². The van der Waals surface area contributed by atoms with E-state index in [0.717, 1.165) is 5.57 Å². The molecule has 2 rings (SSSR count). The van der Waals surface area contributed by atoms with Crippen LogP contribution < -0.4 is 0 Å². The van der Waals surface area contributed by atoms with Gasteiger partial charge in [-0.05, 0) is 29.3 Å². The molecule has 0 fully saturated rings. The van der Waals surface area contributed by atoms with Gasteiger partial charge in [-0.2, -0.15) is 0 Å². The number of ether oxygens (including phenoxy) is 1. The van der Waals surface area contributed by atoms with E-state index in [1.54, 1.807) is 18.2 Å². The molecule has 0 bridgehead atoms. The van der Waals surface area contributed by atoms with E-state index in [0.29, 0.717) is 5.56 Å². The fourth-order valence-electron chi connectivity index (χ4n) is 2.35. The van der Waals surface area contributed by atoms with Gasteiger partial charge in [-0.3, -0.25) is 4.57 Å². The molecule has 0 amide bonds. The number of rotatable bonds is 7. The van der Waals surface area contributed by atoms with Crippen LogP contribution in [0.1, 0.15) is 12.0 Å².